The number of unbranched alkanes of at least 4 members (excludes halogenated alkanes) is 1. The molecule has 2 rings (SSSR count). The van der Waals surface area contributed by atoms with Crippen molar-refractivity contribution < 1.29 is 19.1 Å². The van der Waals surface area contributed by atoms with Crippen LogP contribution in [-0.4, -0.2) is 52.8 Å². The molecular weight excluding hydrogens is 438 g/mol. The van der Waals surface area contributed by atoms with Gasteiger partial charge in [-0.05, 0) is 65.0 Å². The summed E-state index contributed by atoms with van der Waals surface area (Å²) in [6.45, 7) is 11.9. The lowest BCUT2D eigenvalue weighted by Crippen LogP contribution is -2.54. The lowest BCUT2D eigenvalue weighted by atomic mass is 9.96. The molecule has 2 N–H and O–H groups in total. The summed E-state index contributed by atoms with van der Waals surface area (Å²) in [7, 11) is 0. The fraction of sp³-hybridized carbons (Fsp3) is 0.640. The third-order valence-electron chi connectivity index (χ3n) is 5.44. The van der Waals surface area contributed by atoms with E-state index in [-0.39, 0.29) is 23.6 Å². The average Bonchev–Trinajstić information content (AvgIpc) is 3.54. The summed E-state index contributed by atoms with van der Waals surface area (Å²) >= 11 is 4.32. The number of ether oxygens (including phenoxy) is 1. The van der Waals surface area contributed by atoms with Crippen molar-refractivity contribution in [2.24, 2.45) is 0 Å². The molecule has 2 unspecified atom stereocenters. The smallest absolute Gasteiger partial charge is 0.408 e. The first-order chi connectivity index (χ1) is 15.5. The largest absolute Gasteiger partial charge is 0.444 e. The van der Waals surface area contributed by atoms with E-state index in [1.54, 1.807) is 25.7 Å². The zero-order valence-electron chi connectivity index (χ0n) is 20.7. The number of hydrogen-bond acceptors (Lipinski definition) is 5. The molecule has 0 aromatic heterocycles. The molecule has 1 aromatic carbocycles. The van der Waals surface area contributed by atoms with Crippen molar-refractivity contribution in [1.82, 2.24) is 15.5 Å². The second kappa shape index (κ2) is 11.8. The van der Waals surface area contributed by atoms with E-state index in [1.165, 1.54) is 0 Å². The zero-order chi connectivity index (χ0) is 24.8. The molecule has 3 amide bonds. The van der Waals surface area contributed by atoms with Gasteiger partial charge in [0.2, 0.25) is 11.8 Å². The predicted molar refractivity (Wildman–Crippen MR) is 133 cm³/mol. The summed E-state index contributed by atoms with van der Waals surface area (Å²) < 4.78 is 5.33. The van der Waals surface area contributed by atoms with Crippen molar-refractivity contribution in [3.05, 3.63) is 34.9 Å². The molecule has 0 spiro atoms. The van der Waals surface area contributed by atoms with E-state index in [0.29, 0.717) is 6.54 Å². The normalized spacial score (nSPS) is 15.4. The van der Waals surface area contributed by atoms with Crippen molar-refractivity contribution in [2.45, 2.75) is 91.0 Å². The number of alkyl carbamates (subject to hydrolysis) is 1. The molecule has 0 saturated heterocycles. The van der Waals surface area contributed by atoms with Crippen LogP contribution in [-0.2, 0) is 14.3 Å². The van der Waals surface area contributed by atoms with Gasteiger partial charge in [-0.3, -0.25) is 9.59 Å². The number of aryl methyl sites for hydroxylation is 2. The maximum Gasteiger partial charge on any atom is 0.408 e. The first kappa shape index (κ1) is 27.0. The van der Waals surface area contributed by atoms with Crippen LogP contribution in [0.4, 0.5) is 4.79 Å². The molecule has 1 aromatic rings. The van der Waals surface area contributed by atoms with Crippen molar-refractivity contribution in [1.29, 1.82) is 0 Å². The number of nitrogens with one attached hydrogen (secondary N) is 2. The van der Waals surface area contributed by atoms with Gasteiger partial charge in [-0.15, -0.1) is 0 Å². The fourth-order valence-electron chi connectivity index (χ4n) is 3.72. The van der Waals surface area contributed by atoms with Gasteiger partial charge >= 0.3 is 6.09 Å². The second-order valence-corrected chi connectivity index (χ2v) is 10.1. The lowest BCUT2D eigenvalue weighted by molar-refractivity contribution is -0.142. The minimum atomic E-state index is -0.902. The Morgan fingerprint density at radius 2 is 1.88 bits per heavy atom. The topological polar surface area (TPSA) is 87.7 Å². The Morgan fingerprint density at radius 3 is 2.39 bits per heavy atom. The van der Waals surface area contributed by atoms with E-state index in [2.05, 4.69) is 30.2 Å². The van der Waals surface area contributed by atoms with Crippen LogP contribution >= 0.6 is 12.6 Å². The van der Waals surface area contributed by atoms with Crippen molar-refractivity contribution in [3.63, 3.8) is 0 Å². The molecular formula is C25H39N3O4S. The third kappa shape index (κ3) is 7.95. The summed E-state index contributed by atoms with van der Waals surface area (Å²) in [4.78, 5) is 41.1. The maximum absolute atomic E-state index is 13.7. The van der Waals surface area contributed by atoms with E-state index < -0.39 is 23.8 Å². The van der Waals surface area contributed by atoms with Gasteiger partial charge in [-0.2, -0.15) is 12.6 Å². The Bertz CT molecular complexity index is 849. The van der Waals surface area contributed by atoms with Crippen LogP contribution < -0.4 is 10.6 Å². The molecule has 1 aliphatic carbocycles. The summed E-state index contributed by atoms with van der Waals surface area (Å²) in [5.41, 5.74) is 2.15. The van der Waals surface area contributed by atoms with E-state index in [9.17, 15) is 14.4 Å². The summed E-state index contributed by atoms with van der Waals surface area (Å²) in [6, 6.07) is 4.17. The quantitative estimate of drug-likeness (QED) is 0.350. The molecule has 184 valence electrons. The van der Waals surface area contributed by atoms with Gasteiger partial charge in [-0.1, -0.05) is 37.1 Å². The SMILES string of the molecule is CCCCNC(=O)C(c1ccc(C)cc1C)N(C(=O)C(CS)NC(=O)OC(C)(C)C)C1CC1. The van der Waals surface area contributed by atoms with Crippen molar-refractivity contribution >= 4 is 30.5 Å². The first-order valence-corrected chi connectivity index (χ1v) is 12.4. The molecule has 8 heteroatoms. The van der Waals surface area contributed by atoms with Crippen LogP contribution in [0.5, 0.6) is 0 Å². The van der Waals surface area contributed by atoms with Crippen LogP contribution in [0, 0.1) is 13.8 Å². The highest BCUT2D eigenvalue weighted by molar-refractivity contribution is 7.80. The van der Waals surface area contributed by atoms with Gasteiger partial charge in [-0.25, -0.2) is 4.79 Å². The molecule has 2 atom stereocenters. The van der Waals surface area contributed by atoms with Crippen molar-refractivity contribution in [3.8, 4) is 0 Å². The lowest BCUT2D eigenvalue weighted by Gasteiger charge is -2.35. The average molecular weight is 478 g/mol. The molecule has 0 bridgehead atoms. The van der Waals surface area contributed by atoms with Gasteiger partial charge in [0.1, 0.15) is 17.7 Å². The molecule has 1 aliphatic rings. The van der Waals surface area contributed by atoms with E-state index in [0.717, 1.165) is 42.4 Å². The summed E-state index contributed by atoms with van der Waals surface area (Å²) in [5.74, 6) is -0.432. The number of thiol groups is 1. The van der Waals surface area contributed by atoms with Crippen LogP contribution in [0.2, 0.25) is 0 Å². The fourth-order valence-corrected chi connectivity index (χ4v) is 3.97. The highest BCUT2D eigenvalue weighted by Crippen LogP contribution is 2.36. The van der Waals surface area contributed by atoms with Crippen LogP contribution in [0.3, 0.4) is 0 Å². The van der Waals surface area contributed by atoms with Crippen LogP contribution in [0.1, 0.15) is 76.1 Å². The second-order valence-electron chi connectivity index (χ2n) is 9.77. The maximum atomic E-state index is 13.7. The number of nitrogens with zero attached hydrogens (tertiary/aromatic N) is 1. The molecule has 7 nitrogen and oxygen atoms in total. The Morgan fingerprint density at radius 1 is 1.21 bits per heavy atom. The Labute approximate surface area is 203 Å². The van der Waals surface area contributed by atoms with Gasteiger partial charge in [0.15, 0.2) is 0 Å². The molecule has 1 fully saturated rings. The highest BCUT2D eigenvalue weighted by Gasteiger charge is 2.44. The number of rotatable bonds is 10. The Balaban J connectivity index is 2.38. The minimum Gasteiger partial charge on any atom is -0.444 e. The summed E-state index contributed by atoms with van der Waals surface area (Å²) in [5, 5.41) is 5.65. The van der Waals surface area contributed by atoms with Crippen LogP contribution in [0.25, 0.3) is 0 Å². The number of carbonyl (C=O) groups is 3. The third-order valence-corrected chi connectivity index (χ3v) is 5.81. The molecule has 33 heavy (non-hydrogen) atoms. The van der Waals surface area contributed by atoms with E-state index in [4.69, 9.17) is 4.74 Å². The van der Waals surface area contributed by atoms with Crippen LogP contribution in [0.15, 0.2) is 18.2 Å². The number of carbonyl (C=O) groups excluding carboxylic acids is 3. The summed E-state index contributed by atoms with van der Waals surface area (Å²) in [6.07, 6.45) is 2.78. The molecule has 1 saturated carbocycles. The number of benzene rings is 1. The molecule has 0 heterocycles. The Hall–Kier alpha value is -2.22. The first-order valence-electron chi connectivity index (χ1n) is 11.8. The van der Waals surface area contributed by atoms with Crippen molar-refractivity contribution in [2.75, 3.05) is 12.3 Å². The monoisotopic (exact) mass is 477 g/mol. The minimum absolute atomic E-state index is 0.0528. The number of hydrogen-bond donors (Lipinski definition) is 3. The zero-order valence-corrected chi connectivity index (χ0v) is 21.6. The highest BCUT2D eigenvalue weighted by atomic mass is 32.1. The predicted octanol–water partition coefficient (Wildman–Crippen LogP) is 4.07. The Kier molecular flexibility index (Phi) is 9.64. The van der Waals surface area contributed by atoms with E-state index >= 15 is 0 Å². The van der Waals surface area contributed by atoms with E-state index in [1.807, 2.05) is 32.0 Å². The molecule has 0 radical (unpaired) electrons. The molecule has 0 aliphatic heterocycles. The van der Waals surface area contributed by atoms with Gasteiger partial charge in [0, 0.05) is 18.3 Å². The van der Waals surface area contributed by atoms with Gasteiger partial charge < -0.3 is 20.3 Å². The van der Waals surface area contributed by atoms with Gasteiger partial charge in [0.25, 0.3) is 0 Å². The van der Waals surface area contributed by atoms with Gasteiger partial charge in [0.05, 0.1) is 0 Å². The number of amides is 3. The standard InChI is InChI=1S/C25H39N3O4S/c1-7-8-13-26-22(29)21(19-12-9-16(2)14-17(19)3)28(18-10-11-18)23(30)20(15-33)27-24(31)32-25(4,5)6/h9,12,14,18,20-21,33H,7-8,10-11,13,15H2,1-6H3,(H,26,29)(H,27,31).